The highest BCUT2D eigenvalue weighted by Crippen LogP contribution is 2.10. The van der Waals surface area contributed by atoms with E-state index in [4.69, 9.17) is 9.47 Å². The molecule has 4 heteroatoms. The third-order valence-electron chi connectivity index (χ3n) is 4.96. The van der Waals surface area contributed by atoms with Gasteiger partial charge in [-0.15, -0.1) is 0 Å². The monoisotopic (exact) mass is 398 g/mol. The Bertz CT molecular complexity index is 366. The number of esters is 2. The third-order valence-corrected chi connectivity index (χ3v) is 4.96. The molecule has 0 saturated heterocycles. The van der Waals surface area contributed by atoms with Gasteiger partial charge in [-0.05, 0) is 31.6 Å². The van der Waals surface area contributed by atoms with Crippen LogP contribution in [0.5, 0.6) is 0 Å². The van der Waals surface area contributed by atoms with Gasteiger partial charge in [0.2, 0.25) is 0 Å². The Labute approximate surface area is 174 Å². The Morgan fingerprint density at radius 3 is 1.50 bits per heavy atom. The number of hydrogen-bond acceptors (Lipinski definition) is 4. The standard InChI is InChI=1S/C24H46O4/c1-4-5-6-7-8-9-10-15-20-27-23(25)18-13-14-19-24(26)28-21-16-11-12-17-22(2)3/h22H,4-21H2,1-3H3. The Morgan fingerprint density at radius 2 is 1.04 bits per heavy atom. The number of unbranched alkanes of at least 4 members (excludes halogenated alkanes) is 10. The fourth-order valence-corrected chi connectivity index (χ4v) is 3.12. The van der Waals surface area contributed by atoms with Crippen molar-refractivity contribution in [2.45, 2.75) is 124 Å². The van der Waals surface area contributed by atoms with Crippen molar-refractivity contribution < 1.29 is 19.1 Å². The zero-order valence-corrected chi connectivity index (χ0v) is 18.9. The molecular weight excluding hydrogens is 352 g/mol. The predicted molar refractivity (Wildman–Crippen MR) is 116 cm³/mol. The molecule has 0 fully saturated rings. The summed E-state index contributed by atoms with van der Waals surface area (Å²) >= 11 is 0. The van der Waals surface area contributed by atoms with Crippen LogP contribution >= 0.6 is 0 Å². The minimum atomic E-state index is -0.142. The Balaban J connectivity index is 3.32. The molecule has 0 aromatic heterocycles. The molecule has 0 amide bonds. The maximum atomic E-state index is 11.7. The molecule has 0 spiro atoms. The summed E-state index contributed by atoms with van der Waals surface area (Å²) in [6.45, 7) is 7.75. The van der Waals surface area contributed by atoms with E-state index in [1.54, 1.807) is 0 Å². The van der Waals surface area contributed by atoms with Crippen LogP contribution in [0.3, 0.4) is 0 Å². The molecule has 0 atom stereocenters. The van der Waals surface area contributed by atoms with Crippen molar-refractivity contribution in [1.29, 1.82) is 0 Å². The molecule has 0 aliphatic carbocycles. The Hall–Kier alpha value is -1.06. The van der Waals surface area contributed by atoms with Crippen LogP contribution in [0.15, 0.2) is 0 Å². The lowest BCUT2D eigenvalue weighted by Crippen LogP contribution is -2.08. The van der Waals surface area contributed by atoms with E-state index in [9.17, 15) is 9.59 Å². The summed E-state index contributed by atoms with van der Waals surface area (Å²) in [6, 6.07) is 0. The van der Waals surface area contributed by atoms with Gasteiger partial charge >= 0.3 is 11.9 Å². The molecule has 0 aliphatic rings. The summed E-state index contributed by atoms with van der Waals surface area (Å²) in [5, 5.41) is 0. The molecule has 28 heavy (non-hydrogen) atoms. The largest absolute Gasteiger partial charge is 0.466 e. The summed E-state index contributed by atoms with van der Waals surface area (Å²) < 4.78 is 10.5. The molecule has 0 saturated carbocycles. The number of rotatable bonds is 20. The van der Waals surface area contributed by atoms with Crippen molar-refractivity contribution in [3.8, 4) is 0 Å². The first-order valence-corrected chi connectivity index (χ1v) is 11.9. The van der Waals surface area contributed by atoms with Crippen molar-refractivity contribution in [2.24, 2.45) is 5.92 Å². The minimum absolute atomic E-state index is 0.138. The van der Waals surface area contributed by atoms with Crippen molar-refractivity contribution in [3.63, 3.8) is 0 Å². The molecule has 0 radical (unpaired) electrons. The summed E-state index contributed by atoms with van der Waals surface area (Å²) in [6.07, 6.45) is 16.6. The molecule has 0 bridgehead atoms. The summed E-state index contributed by atoms with van der Waals surface area (Å²) in [7, 11) is 0. The number of hydrogen-bond donors (Lipinski definition) is 0. The van der Waals surface area contributed by atoms with Crippen LogP contribution in [0.25, 0.3) is 0 Å². The predicted octanol–water partition coefficient (Wildman–Crippen LogP) is 6.99. The van der Waals surface area contributed by atoms with Crippen LogP contribution in [-0.4, -0.2) is 25.2 Å². The molecule has 0 aromatic carbocycles. The average molecular weight is 399 g/mol. The van der Waals surface area contributed by atoms with E-state index >= 15 is 0 Å². The molecule has 0 aliphatic heterocycles. The average Bonchev–Trinajstić information content (AvgIpc) is 2.66. The Morgan fingerprint density at radius 1 is 0.607 bits per heavy atom. The van der Waals surface area contributed by atoms with Gasteiger partial charge in [0.25, 0.3) is 0 Å². The third kappa shape index (κ3) is 21.2. The van der Waals surface area contributed by atoms with E-state index in [1.807, 2.05) is 0 Å². The van der Waals surface area contributed by atoms with Gasteiger partial charge in [-0.1, -0.05) is 85.0 Å². The van der Waals surface area contributed by atoms with Crippen LogP contribution in [-0.2, 0) is 19.1 Å². The number of ether oxygens (including phenoxy) is 2. The van der Waals surface area contributed by atoms with Crippen LogP contribution in [0.4, 0.5) is 0 Å². The lowest BCUT2D eigenvalue weighted by Gasteiger charge is -2.07. The van der Waals surface area contributed by atoms with Gasteiger partial charge in [0.05, 0.1) is 13.2 Å². The van der Waals surface area contributed by atoms with Crippen molar-refractivity contribution in [3.05, 3.63) is 0 Å². The van der Waals surface area contributed by atoms with Crippen LogP contribution in [0.1, 0.15) is 124 Å². The van der Waals surface area contributed by atoms with E-state index in [1.165, 1.54) is 51.4 Å². The topological polar surface area (TPSA) is 52.6 Å². The summed E-state index contributed by atoms with van der Waals surface area (Å²) in [5.41, 5.74) is 0. The molecular formula is C24H46O4. The van der Waals surface area contributed by atoms with E-state index in [0.717, 1.165) is 31.6 Å². The van der Waals surface area contributed by atoms with Gasteiger partial charge in [0.1, 0.15) is 0 Å². The van der Waals surface area contributed by atoms with E-state index in [0.29, 0.717) is 38.9 Å². The highest BCUT2D eigenvalue weighted by atomic mass is 16.5. The van der Waals surface area contributed by atoms with Gasteiger partial charge in [-0.25, -0.2) is 0 Å². The quantitative estimate of drug-likeness (QED) is 0.164. The maximum Gasteiger partial charge on any atom is 0.305 e. The fourth-order valence-electron chi connectivity index (χ4n) is 3.12. The van der Waals surface area contributed by atoms with Gasteiger partial charge < -0.3 is 9.47 Å². The number of carbonyl (C=O) groups excluding carboxylic acids is 2. The second-order valence-corrected chi connectivity index (χ2v) is 8.37. The highest BCUT2D eigenvalue weighted by molar-refractivity contribution is 5.70. The first kappa shape index (κ1) is 26.9. The minimum Gasteiger partial charge on any atom is -0.466 e. The molecule has 0 aromatic rings. The lowest BCUT2D eigenvalue weighted by atomic mass is 10.1. The zero-order valence-electron chi connectivity index (χ0n) is 18.9. The second-order valence-electron chi connectivity index (χ2n) is 8.37. The van der Waals surface area contributed by atoms with Crippen molar-refractivity contribution in [2.75, 3.05) is 13.2 Å². The first-order chi connectivity index (χ1) is 13.6. The van der Waals surface area contributed by atoms with E-state index < -0.39 is 0 Å². The van der Waals surface area contributed by atoms with Crippen LogP contribution < -0.4 is 0 Å². The molecule has 166 valence electrons. The van der Waals surface area contributed by atoms with Crippen molar-refractivity contribution >= 4 is 11.9 Å². The van der Waals surface area contributed by atoms with Gasteiger partial charge in [0, 0.05) is 12.8 Å². The normalized spacial score (nSPS) is 11.0. The van der Waals surface area contributed by atoms with Crippen LogP contribution in [0, 0.1) is 5.92 Å². The zero-order chi connectivity index (χ0) is 20.9. The molecule has 0 unspecified atom stereocenters. The molecule has 0 N–H and O–H groups in total. The number of carbonyl (C=O) groups is 2. The summed E-state index contributed by atoms with van der Waals surface area (Å²) in [5.74, 6) is 0.465. The smallest absolute Gasteiger partial charge is 0.305 e. The summed E-state index contributed by atoms with van der Waals surface area (Å²) in [4.78, 5) is 23.3. The maximum absolute atomic E-state index is 11.7. The Kier molecular flexibility index (Phi) is 19.9. The van der Waals surface area contributed by atoms with Gasteiger partial charge in [0.15, 0.2) is 0 Å². The van der Waals surface area contributed by atoms with E-state index in [2.05, 4.69) is 20.8 Å². The van der Waals surface area contributed by atoms with Gasteiger partial charge in [-0.3, -0.25) is 9.59 Å². The SMILES string of the molecule is CCCCCCCCCCOC(=O)CCCCC(=O)OCCCCCC(C)C. The van der Waals surface area contributed by atoms with Crippen LogP contribution in [0.2, 0.25) is 0 Å². The molecule has 4 nitrogen and oxygen atoms in total. The molecule has 0 rings (SSSR count). The fraction of sp³-hybridized carbons (Fsp3) is 0.917. The van der Waals surface area contributed by atoms with Crippen molar-refractivity contribution in [1.82, 2.24) is 0 Å². The second kappa shape index (κ2) is 20.7. The molecule has 0 heterocycles. The van der Waals surface area contributed by atoms with Gasteiger partial charge in [-0.2, -0.15) is 0 Å². The van der Waals surface area contributed by atoms with E-state index in [-0.39, 0.29) is 11.9 Å². The first-order valence-electron chi connectivity index (χ1n) is 11.9. The lowest BCUT2D eigenvalue weighted by molar-refractivity contribution is -0.146. The highest BCUT2D eigenvalue weighted by Gasteiger charge is 2.06.